The second-order valence-electron chi connectivity index (χ2n) is 4.59. The standard InChI is InChI=1S/C9H19NO/c1-8(2)7(10)4-5-9(8,3)6-11/h7,11H,4-6,10H2,1-3H3. The number of aliphatic hydroxyl groups excluding tert-OH is 1. The molecule has 2 unspecified atom stereocenters. The van der Waals surface area contributed by atoms with E-state index in [4.69, 9.17) is 5.73 Å². The van der Waals surface area contributed by atoms with Gasteiger partial charge in [0, 0.05) is 12.6 Å². The summed E-state index contributed by atoms with van der Waals surface area (Å²) in [6.45, 7) is 6.69. The maximum Gasteiger partial charge on any atom is 0.0490 e. The Morgan fingerprint density at radius 2 is 2.00 bits per heavy atom. The topological polar surface area (TPSA) is 46.2 Å². The summed E-state index contributed by atoms with van der Waals surface area (Å²) in [5.41, 5.74) is 6.07. The van der Waals surface area contributed by atoms with Gasteiger partial charge in [-0.15, -0.1) is 0 Å². The van der Waals surface area contributed by atoms with Crippen LogP contribution in [0.4, 0.5) is 0 Å². The molecule has 2 nitrogen and oxygen atoms in total. The third-order valence-corrected chi connectivity index (χ3v) is 3.84. The zero-order valence-electron chi connectivity index (χ0n) is 7.72. The van der Waals surface area contributed by atoms with Crippen LogP contribution in [-0.2, 0) is 0 Å². The van der Waals surface area contributed by atoms with Crippen molar-refractivity contribution in [2.45, 2.75) is 39.7 Å². The van der Waals surface area contributed by atoms with E-state index in [1.165, 1.54) is 0 Å². The van der Waals surface area contributed by atoms with Gasteiger partial charge in [0.1, 0.15) is 0 Å². The predicted octanol–water partition coefficient (Wildman–Crippen LogP) is 1.13. The van der Waals surface area contributed by atoms with Gasteiger partial charge in [-0.05, 0) is 23.7 Å². The SMILES string of the molecule is CC1(CO)CCC(N)C1(C)C. The number of hydrogen-bond donors (Lipinski definition) is 2. The Bertz CT molecular complexity index is 153. The molecule has 3 N–H and O–H groups in total. The van der Waals surface area contributed by atoms with Crippen molar-refractivity contribution in [3.63, 3.8) is 0 Å². The van der Waals surface area contributed by atoms with E-state index in [1.54, 1.807) is 0 Å². The Kier molecular flexibility index (Phi) is 2.01. The molecule has 2 atom stereocenters. The van der Waals surface area contributed by atoms with E-state index in [0.29, 0.717) is 0 Å². The quantitative estimate of drug-likeness (QED) is 0.599. The average molecular weight is 157 g/mol. The minimum absolute atomic E-state index is 0.0341. The van der Waals surface area contributed by atoms with Gasteiger partial charge >= 0.3 is 0 Å². The summed E-state index contributed by atoms with van der Waals surface area (Å²) in [6.07, 6.45) is 2.10. The Balaban J connectivity index is 2.86. The monoisotopic (exact) mass is 157 g/mol. The van der Waals surface area contributed by atoms with Crippen LogP contribution in [-0.4, -0.2) is 17.8 Å². The van der Waals surface area contributed by atoms with Gasteiger partial charge in [-0.25, -0.2) is 0 Å². The lowest BCUT2D eigenvalue weighted by Gasteiger charge is -2.39. The number of hydrogen-bond acceptors (Lipinski definition) is 2. The smallest absolute Gasteiger partial charge is 0.0490 e. The van der Waals surface area contributed by atoms with Gasteiger partial charge in [-0.2, -0.15) is 0 Å². The van der Waals surface area contributed by atoms with Gasteiger partial charge in [0.05, 0.1) is 0 Å². The Morgan fingerprint density at radius 3 is 2.18 bits per heavy atom. The normalized spacial score (nSPS) is 42.8. The predicted molar refractivity (Wildman–Crippen MR) is 46.2 cm³/mol. The van der Waals surface area contributed by atoms with Crippen LogP contribution >= 0.6 is 0 Å². The molecule has 0 spiro atoms. The average Bonchev–Trinajstić information content (AvgIpc) is 2.15. The summed E-state index contributed by atoms with van der Waals surface area (Å²) in [7, 11) is 0. The van der Waals surface area contributed by atoms with Crippen molar-refractivity contribution in [3.8, 4) is 0 Å². The van der Waals surface area contributed by atoms with E-state index in [9.17, 15) is 5.11 Å². The number of aliphatic hydroxyl groups is 1. The highest BCUT2D eigenvalue weighted by molar-refractivity contribution is 5.01. The third-order valence-electron chi connectivity index (χ3n) is 3.84. The zero-order chi connectivity index (χ0) is 8.70. The van der Waals surface area contributed by atoms with Crippen molar-refractivity contribution in [2.24, 2.45) is 16.6 Å². The largest absolute Gasteiger partial charge is 0.396 e. The molecule has 0 aromatic rings. The highest BCUT2D eigenvalue weighted by Gasteiger charge is 2.49. The molecule has 0 radical (unpaired) electrons. The van der Waals surface area contributed by atoms with Crippen molar-refractivity contribution in [1.82, 2.24) is 0 Å². The molecule has 0 bridgehead atoms. The van der Waals surface area contributed by atoms with Gasteiger partial charge < -0.3 is 10.8 Å². The van der Waals surface area contributed by atoms with E-state index in [1.807, 2.05) is 0 Å². The first-order valence-electron chi connectivity index (χ1n) is 4.30. The first kappa shape index (κ1) is 9.01. The lowest BCUT2D eigenvalue weighted by molar-refractivity contribution is 0.0422. The Labute approximate surface area is 68.8 Å². The summed E-state index contributed by atoms with van der Waals surface area (Å²) in [6, 6.07) is 0.250. The summed E-state index contributed by atoms with van der Waals surface area (Å²) in [4.78, 5) is 0. The molecular formula is C9H19NO. The van der Waals surface area contributed by atoms with Gasteiger partial charge in [-0.1, -0.05) is 20.8 Å². The molecule has 2 heteroatoms. The first-order chi connectivity index (χ1) is 4.94. The molecule has 1 aliphatic rings. The van der Waals surface area contributed by atoms with Crippen LogP contribution in [0, 0.1) is 10.8 Å². The van der Waals surface area contributed by atoms with Crippen LogP contribution in [0.2, 0.25) is 0 Å². The fourth-order valence-electron chi connectivity index (χ4n) is 1.89. The summed E-state index contributed by atoms with van der Waals surface area (Å²) >= 11 is 0. The molecule has 11 heavy (non-hydrogen) atoms. The van der Waals surface area contributed by atoms with Crippen molar-refractivity contribution >= 4 is 0 Å². The number of rotatable bonds is 1. The van der Waals surface area contributed by atoms with E-state index in [-0.39, 0.29) is 23.5 Å². The summed E-state index contributed by atoms with van der Waals surface area (Å²) in [5.74, 6) is 0. The highest BCUT2D eigenvalue weighted by Crippen LogP contribution is 2.51. The fraction of sp³-hybridized carbons (Fsp3) is 1.00. The maximum absolute atomic E-state index is 9.22. The van der Waals surface area contributed by atoms with Crippen LogP contribution in [0.25, 0.3) is 0 Å². The van der Waals surface area contributed by atoms with Crippen LogP contribution in [0.3, 0.4) is 0 Å². The molecule has 1 fully saturated rings. The molecule has 1 saturated carbocycles. The van der Waals surface area contributed by atoms with Crippen molar-refractivity contribution in [2.75, 3.05) is 6.61 Å². The molecule has 66 valence electrons. The van der Waals surface area contributed by atoms with Crippen LogP contribution in [0.5, 0.6) is 0 Å². The van der Waals surface area contributed by atoms with Crippen LogP contribution in [0.1, 0.15) is 33.6 Å². The third kappa shape index (κ3) is 1.09. The molecule has 0 aliphatic heterocycles. The molecule has 1 rings (SSSR count). The summed E-state index contributed by atoms with van der Waals surface area (Å²) in [5, 5.41) is 9.22. The maximum atomic E-state index is 9.22. The Morgan fingerprint density at radius 1 is 1.45 bits per heavy atom. The van der Waals surface area contributed by atoms with Crippen molar-refractivity contribution < 1.29 is 5.11 Å². The van der Waals surface area contributed by atoms with E-state index >= 15 is 0 Å². The van der Waals surface area contributed by atoms with Gasteiger partial charge in [0.25, 0.3) is 0 Å². The molecule has 1 aliphatic carbocycles. The molecule has 0 aromatic carbocycles. The fourth-order valence-corrected chi connectivity index (χ4v) is 1.89. The van der Waals surface area contributed by atoms with E-state index in [2.05, 4.69) is 20.8 Å². The van der Waals surface area contributed by atoms with Crippen molar-refractivity contribution in [3.05, 3.63) is 0 Å². The lowest BCUT2D eigenvalue weighted by atomic mass is 9.68. The lowest BCUT2D eigenvalue weighted by Crippen LogP contribution is -2.43. The minimum Gasteiger partial charge on any atom is -0.396 e. The molecular weight excluding hydrogens is 138 g/mol. The molecule has 0 amide bonds. The van der Waals surface area contributed by atoms with Crippen molar-refractivity contribution in [1.29, 1.82) is 0 Å². The molecule has 0 aromatic heterocycles. The molecule has 0 heterocycles. The second-order valence-corrected chi connectivity index (χ2v) is 4.59. The van der Waals surface area contributed by atoms with E-state index in [0.717, 1.165) is 12.8 Å². The van der Waals surface area contributed by atoms with Gasteiger partial charge in [0.15, 0.2) is 0 Å². The minimum atomic E-state index is 0.0341. The Hall–Kier alpha value is -0.0800. The van der Waals surface area contributed by atoms with Gasteiger partial charge in [0.2, 0.25) is 0 Å². The highest BCUT2D eigenvalue weighted by atomic mass is 16.3. The summed E-state index contributed by atoms with van der Waals surface area (Å²) < 4.78 is 0. The first-order valence-corrected chi connectivity index (χ1v) is 4.30. The van der Waals surface area contributed by atoms with Crippen LogP contribution < -0.4 is 5.73 Å². The number of nitrogens with two attached hydrogens (primary N) is 1. The van der Waals surface area contributed by atoms with Gasteiger partial charge in [-0.3, -0.25) is 0 Å². The zero-order valence-corrected chi connectivity index (χ0v) is 7.72. The molecule has 0 saturated heterocycles. The second kappa shape index (κ2) is 2.46. The van der Waals surface area contributed by atoms with E-state index < -0.39 is 0 Å². The van der Waals surface area contributed by atoms with Crippen LogP contribution in [0.15, 0.2) is 0 Å².